The highest BCUT2D eigenvalue weighted by atomic mass is 32.2. The van der Waals surface area contributed by atoms with Crippen molar-refractivity contribution in [2.45, 2.75) is 50.3 Å². The van der Waals surface area contributed by atoms with Gasteiger partial charge >= 0.3 is 0 Å². The van der Waals surface area contributed by atoms with Crippen molar-refractivity contribution in [2.24, 2.45) is 21.9 Å². The molecule has 0 aliphatic heterocycles. The van der Waals surface area contributed by atoms with Crippen LogP contribution in [-0.4, -0.2) is 20.4 Å². The number of nitrogens with one attached hydrogen (secondary N) is 1. The van der Waals surface area contributed by atoms with Gasteiger partial charge in [0.15, 0.2) is 0 Å². The summed E-state index contributed by atoms with van der Waals surface area (Å²) in [7, 11) is -3.74. The molecule has 0 radical (unpaired) electrons. The number of carbonyl (C=O) groups excluding carboxylic acids is 1. The molecule has 3 atom stereocenters. The Bertz CT molecular complexity index is 723. The van der Waals surface area contributed by atoms with Crippen LogP contribution in [-0.2, 0) is 10.0 Å². The normalized spacial score (nSPS) is 33.1. The fraction of sp³-hybridized carbons (Fsp3) is 0.667. The first-order chi connectivity index (χ1) is 10.1. The van der Waals surface area contributed by atoms with Crippen molar-refractivity contribution in [3.05, 3.63) is 17.0 Å². The van der Waals surface area contributed by atoms with E-state index in [1.165, 1.54) is 12.5 Å². The molecule has 2 saturated carbocycles. The Hall–Kier alpha value is -0.920. The molecule has 3 unspecified atom stereocenters. The average Bonchev–Trinajstić information content (AvgIpc) is 3.01. The molecule has 2 fully saturated rings. The first-order valence-electron chi connectivity index (χ1n) is 7.48. The van der Waals surface area contributed by atoms with Crippen LogP contribution in [0.1, 0.15) is 50.4 Å². The van der Waals surface area contributed by atoms with Crippen LogP contribution >= 0.6 is 11.3 Å². The number of amides is 1. The second kappa shape index (κ2) is 4.79. The van der Waals surface area contributed by atoms with Crippen LogP contribution in [0.15, 0.2) is 15.7 Å². The predicted octanol–water partition coefficient (Wildman–Crippen LogP) is 2.34. The maximum absolute atomic E-state index is 12.4. The summed E-state index contributed by atoms with van der Waals surface area (Å²) < 4.78 is 22.6. The number of thiophene rings is 1. The van der Waals surface area contributed by atoms with E-state index in [4.69, 9.17) is 5.14 Å². The SMILES string of the molecule is CC1(C)C2CCC1(C)C(NC(=O)c1csc(S(N)(=O)=O)c1)C2. The fourth-order valence-electron chi connectivity index (χ4n) is 4.25. The smallest absolute Gasteiger partial charge is 0.252 e. The van der Waals surface area contributed by atoms with E-state index in [0.29, 0.717) is 11.5 Å². The molecule has 1 amide bonds. The minimum atomic E-state index is -3.74. The van der Waals surface area contributed by atoms with Crippen LogP contribution in [0.25, 0.3) is 0 Å². The zero-order chi connectivity index (χ0) is 16.3. The average molecular weight is 342 g/mol. The van der Waals surface area contributed by atoms with E-state index in [9.17, 15) is 13.2 Å². The van der Waals surface area contributed by atoms with E-state index in [1.54, 1.807) is 5.38 Å². The van der Waals surface area contributed by atoms with Crippen molar-refractivity contribution < 1.29 is 13.2 Å². The van der Waals surface area contributed by atoms with E-state index in [2.05, 4.69) is 26.1 Å². The molecule has 2 bridgehead atoms. The quantitative estimate of drug-likeness (QED) is 0.883. The molecule has 1 heterocycles. The minimum Gasteiger partial charge on any atom is -0.349 e. The second-order valence-electron chi connectivity index (χ2n) is 7.34. The Morgan fingerprint density at radius 2 is 2.09 bits per heavy atom. The largest absolute Gasteiger partial charge is 0.349 e. The molecule has 5 nitrogen and oxygen atoms in total. The number of carbonyl (C=O) groups is 1. The molecule has 3 N–H and O–H groups in total. The van der Waals surface area contributed by atoms with Gasteiger partial charge in [-0.05, 0) is 42.1 Å². The van der Waals surface area contributed by atoms with E-state index in [0.717, 1.165) is 24.2 Å². The lowest BCUT2D eigenvalue weighted by Gasteiger charge is -2.39. The molecule has 3 rings (SSSR count). The molecule has 2 aliphatic rings. The molecule has 1 aromatic rings. The van der Waals surface area contributed by atoms with Crippen LogP contribution in [0.5, 0.6) is 0 Å². The zero-order valence-corrected chi connectivity index (χ0v) is 14.7. The van der Waals surface area contributed by atoms with Gasteiger partial charge in [0.2, 0.25) is 10.0 Å². The van der Waals surface area contributed by atoms with Crippen molar-refractivity contribution in [3.8, 4) is 0 Å². The van der Waals surface area contributed by atoms with Crippen LogP contribution in [0.4, 0.5) is 0 Å². The highest BCUT2D eigenvalue weighted by Crippen LogP contribution is 2.65. The van der Waals surface area contributed by atoms with Gasteiger partial charge in [0, 0.05) is 11.4 Å². The summed E-state index contributed by atoms with van der Waals surface area (Å²) in [6.07, 6.45) is 3.35. The second-order valence-corrected chi connectivity index (χ2v) is 10.0. The molecule has 0 saturated heterocycles. The Morgan fingerprint density at radius 3 is 2.55 bits per heavy atom. The Morgan fingerprint density at radius 1 is 1.41 bits per heavy atom. The number of primary sulfonamides is 1. The minimum absolute atomic E-state index is 0.0251. The molecular formula is C15H22N2O3S2. The van der Waals surface area contributed by atoms with Crippen molar-refractivity contribution in [1.29, 1.82) is 0 Å². The number of rotatable bonds is 3. The first kappa shape index (κ1) is 16.0. The van der Waals surface area contributed by atoms with Crippen LogP contribution in [0.2, 0.25) is 0 Å². The summed E-state index contributed by atoms with van der Waals surface area (Å²) >= 11 is 0.983. The number of hydrogen-bond donors (Lipinski definition) is 2. The third-order valence-electron chi connectivity index (χ3n) is 6.22. The van der Waals surface area contributed by atoms with Gasteiger partial charge in [-0.15, -0.1) is 11.3 Å². The summed E-state index contributed by atoms with van der Waals surface area (Å²) in [6.45, 7) is 6.84. The third kappa shape index (κ3) is 2.21. The predicted molar refractivity (Wildman–Crippen MR) is 86.2 cm³/mol. The fourth-order valence-corrected chi connectivity index (χ4v) is 5.83. The van der Waals surface area contributed by atoms with E-state index in [-0.39, 0.29) is 27.0 Å². The molecule has 122 valence electrons. The maximum atomic E-state index is 12.4. The standard InChI is InChI=1S/C15H22N2O3S2/c1-14(2)10-4-5-15(14,3)11(7-10)17-13(18)9-6-12(21-8-9)22(16,19)20/h6,8,10-11H,4-5,7H2,1-3H3,(H,17,18)(H2,16,19,20). The molecule has 2 aliphatic carbocycles. The highest BCUT2D eigenvalue weighted by molar-refractivity contribution is 7.91. The van der Waals surface area contributed by atoms with Gasteiger partial charge in [-0.2, -0.15) is 0 Å². The van der Waals surface area contributed by atoms with Gasteiger partial charge in [-0.1, -0.05) is 20.8 Å². The number of fused-ring (bicyclic) bond motifs is 2. The third-order valence-corrected chi connectivity index (χ3v) is 8.60. The topological polar surface area (TPSA) is 89.3 Å². The first-order valence-corrected chi connectivity index (χ1v) is 9.90. The lowest BCUT2D eigenvalue weighted by molar-refractivity contribution is 0.0826. The van der Waals surface area contributed by atoms with Gasteiger partial charge in [-0.25, -0.2) is 13.6 Å². The van der Waals surface area contributed by atoms with E-state index >= 15 is 0 Å². The Labute approximate surface area is 135 Å². The molecule has 7 heteroatoms. The van der Waals surface area contributed by atoms with Crippen molar-refractivity contribution in [2.75, 3.05) is 0 Å². The molecule has 0 aromatic carbocycles. The summed E-state index contributed by atoms with van der Waals surface area (Å²) in [5.74, 6) is 0.436. The van der Waals surface area contributed by atoms with Gasteiger partial charge in [0.05, 0.1) is 5.56 Å². The summed E-state index contributed by atoms with van der Waals surface area (Å²) in [5.41, 5.74) is 0.704. The monoisotopic (exact) mass is 342 g/mol. The van der Waals surface area contributed by atoms with Crippen LogP contribution in [0.3, 0.4) is 0 Å². The van der Waals surface area contributed by atoms with Gasteiger partial charge in [0.25, 0.3) is 5.91 Å². The van der Waals surface area contributed by atoms with Gasteiger partial charge in [-0.3, -0.25) is 4.79 Å². The van der Waals surface area contributed by atoms with Gasteiger partial charge < -0.3 is 5.32 Å². The molecule has 0 spiro atoms. The van der Waals surface area contributed by atoms with Crippen molar-refractivity contribution >= 4 is 27.3 Å². The number of nitrogens with two attached hydrogens (primary N) is 1. The number of hydrogen-bond acceptors (Lipinski definition) is 4. The maximum Gasteiger partial charge on any atom is 0.252 e. The van der Waals surface area contributed by atoms with E-state index < -0.39 is 10.0 Å². The summed E-state index contributed by atoms with van der Waals surface area (Å²) in [6, 6.07) is 1.50. The van der Waals surface area contributed by atoms with Crippen molar-refractivity contribution in [1.82, 2.24) is 5.32 Å². The summed E-state index contributed by atoms with van der Waals surface area (Å²) in [4.78, 5) is 12.4. The Kier molecular flexibility index (Phi) is 3.47. The van der Waals surface area contributed by atoms with Crippen LogP contribution in [0, 0.1) is 16.7 Å². The van der Waals surface area contributed by atoms with Crippen molar-refractivity contribution in [3.63, 3.8) is 0 Å². The molecule has 1 aromatic heterocycles. The molecule has 22 heavy (non-hydrogen) atoms. The molecular weight excluding hydrogens is 320 g/mol. The van der Waals surface area contributed by atoms with Crippen LogP contribution < -0.4 is 10.5 Å². The summed E-state index contributed by atoms with van der Waals surface area (Å²) in [5, 5.41) is 9.76. The van der Waals surface area contributed by atoms with Gasteiger partial charge in [0.1, 0.15) is 4.21 Å². The number of sulfonamides is 1. The zero-order valence-electron chi connectivity index (χ0n) is 13.0. The lowest BCUT2D eigenvalue weighted by atomic mass is 9.69. The lowest BCUT2D eigenvalue weighted by Crippen LogP contribution is -2.46. The van der Waals surface area contributed by atoms with E-state index in [1.807, 2.05) is 0 Å². The highest BCUT2D eigenvalue weighted by Gasteiger charge is 2.61. The Balaban J connectivity index is 1.78.